The van der Waals surface area contributed by atoms with E-state index in [1.165, 1.54) is 0 Å². The molecule has 1 aliphatic heterocycles. The number of hydrogen-bond acceptors (Lipinski definition) is 4. The van der Waals surface area contributed by atoms with Crippen molar-refractivity contribution in [2.45, 2.75) is 12.6 Å². The summed E-state index contributed by atoms with van der Waals surface area (Å²) in [6.45, 7) is 2.18. The molecule has 1 heterocycles. The number of carbonyl (C=O) groups is 1. The third-order valence-electron chi connectivity index (χ3n) is 3.05. The lowest BCUT2D eigenvalue weighted by atomic mass is 10.2. The van der Waals surface area contributed by atoms with Gasteiger partial charge in [0.25, 0.3) is 0 Å². The number of rotatable bonds is 4. The molecule has 0 spiro atoms. The van der Waals surface area contributed by atoms with Gasteiger partial charge in [0.2, 0.25) is 0 Å². The molecule has 0 saturated carbocycles. The normalized spacial score (nSPS) is 20.2. The first kappa shape index (κ1) is 14.1. The van der Waals surface area contributed by atoms with Crippen molar-refractivity contribution in [3.05, 3.63) is 28.8 Å². The number of halogens is 1. The molecule has 0 radical (unpaired) electrons. The summed E-state index contributed by atoms with van der Waals surface area (Å²) < 4.78 is 10.3. The van der Waals surface area contributed by atoms with Gasteiger partial charge in [-0.1, -0.05) is 17.7 Å². The summed E-state index contributed by atoms with van der Waals surface area (Å²) in [5.74, 6) is -0.284. The van der Waals surface area contributed by atoms with Crippen molar-refractivity contribution in [2.24, 2.45) is 0 Å². The van der Waals surface area contributed by atoms with Gasteiger partial charge in [-0.25, -0.2) is 4.79 Å². The topological polar surface area (TPSA) is 59.0 Å². The third-order valence-corrected chi connectivity index (χ3v) is 3.34. The van der Waals surface area contributed by atoms with Crippen LogP contribution in [0.25, 0.3) is 0 Å². The lowest BCUT2D eigenvalue weighted by Crippen LogP contribution is -2.45. The average molecular weight is 286 g/mol. The Labute approximate surface area is 116 Å². The van der Waals surface area contributed by atoms with Gasteiger partial charge in [0.1, 0.15) is 5.75 Å². The Bertz CT molecular complexity index is 466. The van der Waals surface area contributed by atoms with Crippen LogP contribution in [0.3, 0.4) is 0 Å². The number of hydrogen-bond donors (Lipinski definition) is 1. The van der Waals surface area contributed by atoms with Crippen LogP contribution in [-0.4, -0.2) is 48.9 Å². The Morgan fingerprint density at radius 2 is 2.42 bits per heavy atom. The minimum atomic E-state index is -0.919. The van der Waals surface area contributed by atoms with E-state index in [0.29, 0.717) is 37.0 Å². The molecule has 1 aromatic carbocycles. The molecule has 2 rings (SSSR count). The van der Waals surface area contributed by atoms with Crippen LogP contribution in [0, 0.1) is 0 Å². The smallest absolute Gasteiger partial charge is 0.334 e. The second-order valence-corrected chi connectivity index (χ2v) is 4.81. The Kier molecular flexibility index (Phi) is 4.63. The molecule has 0 aliphatic carbocycles. The number of carboxylic acids is 1. The van der Waals surface area contributed by atoms with Crippen LogP contribution >= 0.6 is 11.6 Å². The highest BCUT2D eigenvalue weighted by molar-refractivity contribution is 6.32. The van der Waals surface area contributed by atoms with Crippen LogP contribution in [0.1, 0.15) is 5.56 Å². The number of aliphatic carboxylic acids is 1. The summed E-state index contributed by atoms with van der Waals surface area (Å²) >= 11 is 6.06. The fourth-order valence-corrected chi connectivity index (χ4v) is 2.34. The Morgan fingerprint density at radius 1 is 1.63 bits per heavy atom. The van der Waals surface area contributed by atoms with Crippen molar-refractivity contribution < 1.29 is 19.4 Å². The quantitative estimate of drug-likeness (QED) is 0.911. The van der Waals surface area contributed by atoms with Gasteiger partial charge in [0.05, 0.1) is 18.7 Å². The number of morpholine rings is 1. The van der Waals surface area contributed by atoms with Crippen LogP contribution in [0.5, 0.6) is 5.75 Å². The zero-order chi connectivity index (χ0) is 13.8. The minimum absolute atomic E-state index is 0.388. The number of ether oxygens (including phenoxy) is 2. The summed E-state index contributed by atoms with van der Waals surface area (Å²) in [5, 5.41) is 9.50. The van der Waals surface area contributed by atoms with Crippen molar-refractivity contribution in [1.82, 2.24) is 4.90 Å². The number of benzene rings is 1. The monoisotopic (exact) mass is 285 g/mol. The van der Waals surface area contributed by atoms with Crippen molar-refractivity contribution in [3.8, 4) is 5.75 Å². The van der Waals surface area contributed by atoms with Crippen LogP contribution in [-0.2, 0) is 16.1 Å². The van der Waals surface area contributed by atoms with Gasteiger partial charge in [-0.3, -0.25) is 4.90 Å². The fraction of sp³-hybridized carbons (Fsp3) is 0.462. The first-order valence-electron chi connectivity index (χ1n) is 5.99. The number of nitrogens with zero attached hydrogens (tertiary/aromatic N) is 1. The standard InChI is InChI=1S/C13H16ClNO4/c1-18-11-3-2-9(6-10(11)14)7-15-4-5-19-12(8-15)13(16)17/h2-3,6,12H,4-5,7-8H2,1H3,(H,16,17). The molecule has 19 heavy (non-hydrogen) atoms. The lowest BCUT2D eigenvalue weighted by Gasteiger charge is -2.30. The van der Waals surface area contributed by atoms with Crippen molar-refractivity contribution in [3.63, 3.8) is 0 Å². The molecule has 1 N–H and O–H groups in total. The van der Waals surface area contributed by atoms with Crippen LogP contribution in [0.2, 0.25) is 5.02 Å². The maximum atomic E-state index is 10.9. The first-order chi connectivity index (χ1) is 9.10. The molecular formula is C13H16ClNO4. The van der Waals surface area contributed by atoms with Gasteiger partial charge in [-0.15, -0.1) is 0 Å². The summed E-state index contributed by atoms with van der Waals surface area (Å²) in [5.41, 5.74) is 1.02. The zero-order valence-corrected chi connectivity index (χ0v) is 11.4. The van der Waals surface area contributed by atoms with Crippen molar-refractivity contribution >= 4 is 17.6 Å². The van der Waals surface area contributed by atoms with Crippen LogP contribution < -0.4 is 4.74 Å². The highest BCUT2D eigenvalue weighted by Crippen LogP contribution is 2.25. The molecule has 1 atom stereocenters. The van der Waals surface area contributed by atoms with E-state index in [9.17, 15) is 4.79 Å². The molecule has 0 amide bonds. The van der Waals surface area contributed by atoms with Crippen molar-refractivity contribution in [2.75, 3.05) is 26.8 Å². The molecule has 1 fully saturated rings. The Morgan fingerprint density at radius 3 is 3.05 bits per heavy atom. The molecule has 1 unspecified atom stereocenters. The second-order valence-electron chi connectivity index (χ2n) is 4.40. The summed E-state index contributed by atoms with van der Waals surface area (Å²) in [7, 11) is 1.57. The molecule has 0 aromatic heterocycles. The third kappa shape index (κ3) is 3.59. The molecule has 1 saturated heterocycles. The molecule has 1 aliphatic rings. The summed E-state index contributed by atoms with van der Waals surface area (Å²) in [6, 6.07) is 5.58. The molecule has 1 aromatic rings. The predicted octanol–water partition coefficient (Wildman–Crippen LogP) is 1.63. The van der Waals surface area contributed by atoms with Gasteiger partial charge in [0, 0.05) is 19.6 Å². The van der Waals surface area contributed by atoms with E-state index in [-0.39, 0.29) is 0 Å². The minimum Gasteiger partial charge on any atom is -0.495 e. The summed E-state index contributed by atoms with van der Waals surface area (Å²) in [6.07, 6.45) is -0.748. The Balaban J connectivity index is 2.00. The van der Waals surface area contributed by atoms with E-state index in [0.717, 1.165) is 5.56 Å². The van der Waals surface area contributed by atoms with Crippen LogP contribution in [0.15, 0.2) is 18.2 Å². The van der Waals surface area contributed by atoms with E-state index >= 15 is 0 Å². The zero-order valence-electron chi connectivity index (χ0n) is 10.6. The van der Waals surface area contributed by atoms with E-state index in [4.69, 9.17) is 26.2 Å². The second kappa shape index (κ2) is 6.23. The van der Waals surface area contributed by atoms with Gasteiger partial charge in [-0.2, -0.15) is 0 Å². The van der Waals surface area contributed by atoms with Gasteiger partial charge in [0.15, 0.2) is 6.10 Å². The molecule has 5 nitrogen and oxygen atoms in total. The molecule has 104 valence electrons. The van der Waals surface area contributed by atoms with Gasteiger partial charge in [-0.05, 0) is 17.7 Å². The highest BCUT2D eigenvalue weighted by Gasteiger charge is 2.26. The average Bonchev–Trinajstić information content (AvgIpc) is 2.39. The largest absolute Gasteiger partial charge is 0.495 e. The molecule has 6 heteroatoms. The predicted molar refractivity (Wildman–Crippen MR) is 70.7 cm³/mol. The first-order valence-corrected chi connectivity index (χ1v) is 6.37. The lowest BCUT2D eigenvalue weighted by molar-refractivity contribution is -0.156. The van der Waals surface area contributed by atoms with Gasteiger partial charge >= 0.3 is 5.97 Å². The Hall–Kier alpha value is -1.30. The SMILES string of the molecule is COc1ccc(CN2CCOC(C(=O)O)C2)cc1Cl. The van der Waals surface area contributed by atoms with Crippen LogP contribution in [0.4, 0.5) is 0 Å². The van der Waals surface area contributed by atoms with E-state index in [1.807, 2.05) is 23.1 Å². The maximum Gasteiger partial charge on any atom is 0.334 e. The highest BCUT2D eigenvalue weighted by atomic mass is 35.5. The summed E-state index contributed by atoms with van der Waals surface area (Å²) in [4.78, 5) is 12.9. The molecule has 0 bridgehead atoms. The fourth-order valence-electron chi connectivity index (χ4n) is 2.06. The van der Waals surface area contributed by atoms with E-state index in [2.05, 4.69) is 0 Å². The van der Waals surface area contributed by atoms with Crippen molar-refractivity contribution in [1.29, 1.82) is 0 Å². The maximum absolute atomic E-state index is 10.9. The number of carboxylic acid groups (broad SMARTS) is 1. The molecular weight excluding hydrogens is 270 g/mol. The van der Waals surface area contributed by atoms with Gasteiger partial charge < -0.3 is 14.6 Å². The van der Waals surface area contributed by atoms with E-state index < -0.39 is 12.1 Å². The van der Waals surface area contributed by atoms with E-state index in [1.54, 1.807) is 7.11 Å². The number of methoxy groups -OCH3 is 1.